The molecule has 0 aliphatic heterocycles. The highest BCUT2D eigenvalue weighted by Crippen LogP contribution is 2.34. The van der Waals surface area contributed by atoms with Gasteiger partial charge in [0.25, 0.3) is 5.91 Å². The minimum atomic E-state index is -0.150. The van der Waals surface area contributed by atoms with Gasteiger partial charge in [0, 0.05) is 19.1 Å². The zero-order chi connectivity index (χ0) is 14.4. The van der Waals surface area contributed by atoms with E-state index in [2.05, 4.69) is 64.0 Å². The molecule has 1 aromatic rings. The predicted octanol–water partition coefficient (Wildman–Crippen LogP) is 3.93. The number of benzene rings is 1. The van der Waals surface area contributed by atoms with Gasteiger partial charge in [-0.15, -0.1) is 0 Å². The van der Waals surface area contributed by atoms with Crippen LogP contribution in [0.2, 0.25) is 0 Å². The molecule has 1 aromatic carbocycles. The van der Waals surface area contributed by atoms with Crippen molar-refractivity contribution in [3.05, 3.63) is 37.3 Å². The molecular weight excluding hydrogens is 442 g/mol. The highest BCUT2D eigenvalue weighted by Gasteiger charge is 2.08. The number of hydrazine groups is 1. The van der Waals surface area contributed by atoms with Gasteiger partial charge in [-0.3, -0.25) is 10.2 Å². The van der Waals surface area contributed by atoms with Gasteiger partial charge in [-0.2, -0.15) is 0 Å². The van der Waals surface area contributed by atoms with Crippen LogP contribution in [-0.4, -0.2) is 12.5 Å². The number of hydrogen-bond acceptors (Lipinski definition) is 3. The van der Waals surface area contributed by atoms with Crippen LogP contribution in [0.15, 0.2) is 37.3 Å². The number of halogens is 3. The average Bonchev–Trinajstić information content (AvgIpc) is 2.34. The fourth-order valence-corrected chi connectivity index (χ4v) is 3.70. The molecule has 0 atom stereocenters. The molecule has 0 bridgehead atoms. The third-order valence-electron chi connectivity index (χ3n) is 2.26. The maximum absolute atomic E-state index is 11.6. The molecule has 0 saturated carbocycles. The minimum Gasteiger partial charge on any atom is -0.374 e. The zero-order valence-electron chi connectivity index (χ0n) is 10.5. The third kappa shape index (κ3) is 5.54. The largest absolute Gasteiger partial charge is 0.374 e. The van der Waals surface area contributed by atoms with E-state index in [0.29, 0.717) is 0 Å². The van der Waals surface area contributed by atoms with Gasteiger partial charge >= 0.3 is 0 Å². The van der Waals surface area contributed by atoms with Gasteiger partial charge < -0.3 is 10.7 Å². The monoisotopic (exact) mass is 453 g/mol. The number of nitrogens with one attached hydrogen (secondary N) is 3. The van der Waals surface area contributed by atoms with Gasteiger partial charge in [-0.05, 0) is 57.8 Å². The first-order chi connectivity index (χ1) is 8.93. The van der Waals surface area contributed by atoms with Crippen molar-refractivity contribution < 1.29 is 4.79 Å². The fourth-order valence-electron chi connectivity index (χ4n) is 1.16. The van der Waals surface area contributed by atoms with Crippen LogP contribution in [0.25, 0.3) is 0 Å². The van der Waals surface area contributed by atoms with E-state index in [0.717, 1.165) is 24.8 Å². The Hall–Kier alpha value is -0.530. The summed E-state index contributed by atoms with van der Waals surface area (Å²) in [4.78, 5) is 11.6. The Morgan fingerprint density at radius 1 is 1.21 bits per heavy atom. The van der Waals surface area contributed by atoms with Crippen LogP contribution >= 0.6 is 47.8 Å². The molecule has 0 heterocycles. The molecule has 7 heteroatoms. The van der Waals surface area contributed by atoms with E-state index in [4.69, 9.17) is 0 Å². The molecule has 1 rings (SSSR count). The fraction of sp³-hybridized carbons (Fsp3) is 0.250. The molecule has 0 aliphatic carbocycles. The van der Waals surface area contributed by atoms with Gasteiger partial charge in [0.05, 0.1) is 12.2 Å². The summed E-state index contributed by atoms with van der Waals surface area (Å²) < 4.78 is 2.70. The topological polar surface area (TPSA) is 53.2 Å². The highest BCUT2D eigenvalue weighted by atomic mass is 79.9. The Kier molecular flexibility index (Phi) is 6.88. The molecule has 0 spiro atoms. The van der Waals surface area contributed by atoms with E-state index in [1.54, 1.807) is 0 Å². The minimum absolute atomic E-state index is 0.150. The first-order valence-corrected chi connectivity index (χ1v) is 7.88. The van der Waals surface area contributed by atoms with Crippen LogP contribution in [-0.2, 0) is 4.79 Å². The van der Waals surface area contributed by atoms with Crippen molar-refractivity contribution in [1.82, 2.24) is 10.9 Å². The Labute approximate surface area is 137 Å². The summed E-state index contributed by atoms with van der Waals surface area (Å²) in [5.41, 5.74) is 7.11. The number of amides is 1. The smallest absolute Gasteiger partial charge is 0.257 e. The Morgan fingerprint density at radius 3 is 2.32 bits per heavy atom. The van der Waals surface area contributed by atoms with E-state index in [-0.39, 0.29) is 12.5 Å². The van der Waals surface area contributed by atoms with Crippen molar-refractivity contribution in [1.29, 1.82) is 0 Å². The molecule has 3 N–H and O–H groups in total. The first-order valence-electron chi connectivity index (χ1n) is 5.50. The predicted molar refractivity (Wildman–Crippen MR) is 88.7 cm³/mol. The summed E-state index contributed by atoms with van der Waals surface area (Å²) in [6.45, 7) is 3.93. The summed E-state index contributed by atoms with van der Waals surface area (Å²) in [6.07, 6.45) is 1.87. The van der Waals surface area contributed by atoms with Crippen molar-refractivity contribution in [2.75, 3.05) is 11.9 Å². The van der Waals surface area contributed by atoms with Crippen molar-refractivity contribution in [3.63, 3.8) is 0 Å². The molecule has 4 nitrogen and oxygen atoms in total. The highest BCUT2D eigenvalue weighted by molar-refractivity contribution is 9.11. The molecule has 104 valence electrons. The van der Waals surface area contributed by atoms with E-state index in [1.807, 2.05) is 32.1 Å². The summed E-state index contributed by atoms with van der Waals surface area (Å²) in [5, 5.41) is 3.06. The summed E-state index contributed by atoms with van der Waals surface area (Å²) >= 11 is 10.3. The molecule has 0 unspecified atom stereocenters. The Balaban J connectivity index is 2.55. The quantitative estimate of drug-likeness (QED) is 0.590. The first kappa shape index (κ1) is 16.5. The maximum Gasteiger partial charge on any atom is 0.257 e. The van der Waals surface area contributed by atoms with Gasteiger partial charge in [-0.25, -0.2) is 0 Å². The van der Waals surface area contributed by atoms with Crippen LogP contribution in [0.5, 0.6) is 0 Å². The molecule has 0 aromatic heterocycles. The van der Waals surface area contributed by atoms with Crippen molar-refractivity contribution in [2.45, 2.75) is 13.8 Å². The van der Waals surface area contributed by atoms with Crippen LogP contribution in [0.3, 0.4) is 0 Å². The molecule has 0 saturated heterocycles. The van der Waals surface area contributed by atoms with Crippen LogP contribution in [0, 0.1) is 0 Å². The van der Waals surface area contributed by atoms with E-state index < -0.39 is 0 Å². The van der Waals surface area contributed by atoms with Crippen LogP contribution < -0.4 is 16.2 Å². The molecule has 0 radical (unpaired) electrons. The number of hydrogen-bond donors (Lipinski definition) is 3. The maximum atomic E-state index is 11.6. The van der Waals surface area contributed by atoms with Crippen LogP contribution in [0.4, 0.5) is 5.69 Å². The Bertz CT molecular complexity index is 480. The lowest BCUT2D eigenvalue weighted by Crippen LogP contribution is -2.39. The normalized spacial score (nSPS) is 11.1. The molecule has 0 aliphatic rings. The third-order valence-corrected chi connectivity index (χ3v) is 3.97. The van der Waals surface area contributed by atoms with Crippen molar-refractivity contribution >= 4 is 59.4 Å². The lowest BCUT2D eigenvalue weighted by Gasteiger charge is -2.12. The van der Waals surface area contributed by atoms with Crippen LogP contribution in [0.1, 0.15) is 13.8 Å². The van der Waals surface area contributed by atoms with E-state index in [1.165, 1.54) is 0 Å². The lowest BCUT2D eigenvalue weighted by molar-refractivity contribution is -0.120. The van der Waals surface area contributed by atoms with Crippen molar-refractivity contribution in [3.8, 4) is 0 Å². The summed E-state index contributed by atoms with van der Waals surface area (Å²) in [6, 6.07) is 3.82. The molecular formula is C12H14Br3N3O. The second-order valence-electron chi connectivity index (χ2n) is 3.74. The summed E-state index contributed by atoms with van der Waals surface area (Å²) in [5.74, 6) is -0.150. The number of anilines is 1. The van der Waals surface area contributed by atoms with Gasteiger partial charge in [0.15, 0.2) is 0 Å². The standard InChI is InChI=1S/C12H14Br3N3O/c1-3-7(2)17-18-11(19)6-16-12-9(14)4-8(13)5-10(12)15/h3-5,16-17H,6H2,1-2H3,(H,18,19). The van der Waals surface area contributed by atoms with E-state index >= 15 is 0 Å². The van der Waals surface area contributed by atoms with Gasteiger partial charge in [0.2, 0.25) is 0 Å². The van der Waals surface area contributed by atoms with Gasteiger partial charge in [-0.1, -0.05) is 22.0 Å². The second kappa shape index (κ2) is 7.91. The number of allylic oxidation sites excluding steroid dienone is 2. The molecule has 1 amide bonds. The lowest BCUT2D eigenvalue weighted by atomic mass is 10.3. The number of carbonyl (C=O) groups is 1. The second-order valence-corrected chi connectivity index (χ2v) is 6.37. The number of carbonyl (C=O) groups excluding carboxylic acids is 1. The number of rotatable bonds is 5. The van der Waals surface area contributed by atoms with Gasteiger partial charge in [0.1, 0.15) is 0 Å². The summed E-state index contributed by atoms with van der Waals surface area (Å²) in [7, 11) is 0. The Morgan fingerprint density at radius 2 is 1.79 bits per heavy atom. The zero-order valence-corrected chi connectivity index (χ0v) is 15.2. The van der Waals surface area contributed by atoms with E-state index in [9.17, 15) is 4.79 Å². The van der Waals surface area contributed by atoms with Crippen molar-refractivity contribution in [2.24, 2.45) is 0 Å². The average molecular weight is 456 g/mol. The SMILES string of the molecule is CC=C(C)NNC(=O)CNc1c(Br)cc(Br)cc1Br. The molecule has 19 heavy (non-hydrogen) atoms. The molecule has 0 fully saturated rings.